The van der Waals surface area contributed by atoms with Crippen LogP contribution in [0.5, 0.6) is 5.75 Å². The summed E-state index contributed by atoms with van der Waals surface area (Å²) in [5.74, 6) is -0.0400. The molecule has 0 aliphatic carbocycles. The molecule has 5 heteroatoms. The van der Waals surface area contributed by atoms with E-state index in [1.165, 1.54) is 0 Å². The summed E-state index contributed by atoms with van der Waals surface area (Å²) in [5.41, 5.74) is 12.8. The number of benzene rings is 1. The Labute approximate surface area is 111 Å². The van der Waals surface area contributed by atoms with E-state index < -0.39 is 5.91 Å². The summed E-state index contributed by atoms with van der Waals surface area (Å²) >= 11 is 0. The number of primary amides is 1. The van der Waals surface area contributed by atoms with Crippen LogP contribution in [0.1, 0.15) is 16.1 Å². The van der Waals surface area contributed by atoms with Gasteiger partial charge in [-0.1, -0.05) is 6.07 Å². The third-order valence-corrected chi connectivity index (χ3v) is 2.64. The minimum atomic E-state index is -0.505. The van der Waals surface area contributed by atoms with Crippen LogP contribution in [0.25, 0.3) is 0 Å². The van der Waals surface area contributed by atoms with Gasteiger partial charge in [-0.2, -0.15) is 0 Å². The van der Waals surface area contributed by atoms with Crippen molar-refractivity contribution >= 4 is 11.6 Å². The van der Waals surface area contributed by atoms with E-state index in [9.17, 15) is 4.79 Å². The topological polar surface area (TPSA) is 91.2 Å². The molecule has 5 nitrogen and oxygen atoms in total. The van der Waals surface area contributed by atoms with Crippen molar-refractivity contribution in [3.05, 3.63) is 53.9 Å². The van der Waals surface area contributed by atoms with Crippen LogP contribution in [0.4, 0.5) is 5.69 Å². The van der Waals surface area contributed by atoms with Crippen molar-refractivity contribution in [2.24, 2.45) is 5.73 Å². The molecule has 2 aromatic rings. The quantitative estimate of drug-likeness (QED) is 0.792. The summed E-state index contributed by atoms with van der Waals surface area (Å²) < 4.78 is 5.56. The molecule has 0 spiro atoms. The fourth-order valence-electron chi connectivity index (χ4n) is 1.62. The Morgan fingerprint density at radius 2 is 2.11 bits per heavy atom. The molecule has 0 unspecified atom stereocenters. The summed E-state index contributed by atoms with van der Waals surface area (Å²) in [4.78, 5) is 15.3. The summed E-state index contributed by atoms with van der Waals surface area (Å²) in [6, 6.07) is 10.4. The van der Waals surface area contributed by atoms with E-state index in [1.807, 2.05) is 18.2 Å². The molecule has 0 atom stereocenters. The number of carbonyl (C=O) groups is 1. The van der Waals surface area contributed by atoms with E-state index in [4.69, 9.17) is 16.2 Å². The van der Waals surface area contributed by atoms with E-state index >= 15 is 0 Å². The maximum Gasteiger partial charge on any atom is 0.248 e. The molecule has 0 bridgehead atoms. The third kappa shape index (κ3) is 3.45. The van der Waals surface area contributed by atoms with Crippen molar-refractivity contribution in [3.63, 3.8) is 0 Å². The van der Waals surface area contributed by atoms with Crippen LogP contribution in [-0.2, 0) is 6.42 Å². The second-order valence-electron chi connectivity index (χ2n) is 4.04. The van der Waals surface area contributed by atoms with Crippen LogP contribution in [0, 0.1) is 0 Å². The third-order valence-electron chi connectivity index (χ3n) is 2.64. The van der Waals surface area contributed by atoms with Gasteiger partial charge in [-0.05, 0) is 30.3 Å². The molecule has 1 aromatic carbocycles. The molecular formula is C14H15N3O2. The lowest BCUT2D eigenvalue weighted by atomic mass is 10.2. The molecule has 0 fully saturated rings. The molecular weight excluding hydrogens is 242 g/mol. The Morgan fingerprint density at radius 1 is 1.26 bits per heavy atom. The Morgan fingerprint density at radius 3 is 2.79 bits per heavy atom. The van der Waals surface area contributed by atoms with Crippen molar-refractivity contribution in [2.45, 2.75) is 6.42 Å². The number of nitrogens with zero attached hydrogens (tertiary/aromatic N) is 1. The minimum absolute atomic E-state index is 0.377. The highest BCUT2D eigenvalue weighted by atomic mass is 16.5. The molecule has 0 aliphatic rings. The summed E-state index contributed by atoms with van der Waals surface area (Å²) in [7, 11) is 0. The van der Waals surface area contributed by atoms with Crippen molar-refractivity contribution in [3.8, 4) is 5.75 Å². The molecule has 0 aliphatic heterocycles. The highest BCUT2D eigenvalue weighted by Gasteiger charge is 2.06. The van der Waals surface area contributed by atoms with E-state index in [-0.39, 0.29) is 0 Å². The highest BCUT2D eigenvalue weighted by Crippen LogP contribution is 2.22. The van der Waals surface area contributed by atoms with Gasteiger partial charge in [0.05, 0.1) is 12.3 Å². The molecule has 98 valence electrons. The largest absolute Gasteiger partial charge is 0.491 e. The lowest BCUT2D eigenvalue weighted by Gasteiger charge is -2.09. The van der Waals surface area contributed by atoms with Crippen LogP contribution in [0.3, 0.4) is 0 Å². The highest BCUT2D eigenvalue weighted by molar-refractivity contribution is 5.93. The first-order chi connectivity index (χ1) is 9.16. The van der Waals surface area contributed by atoms with Crippen molar-refractivity contribution in [1.29, 1.82) is 0 Å². The smallest absolute Gasteiger partial charge is 0.248 e. The number of aromatic nitrogens is 1. The predicted octanol–water partition coefficient (Wildman–Crippen LogP) is 1.38. The van der Waals surface area contributed by atoms with Gasteiger partial charge in [-0.25, -0.2) is 0 Å². The first-order valence-corrected chi connectivity index (χ1v) is 5.89. The number of anilines is 1. The molecule has 2 rings (SSSR count). The molecule has 0 radical (unpaired) electrons. The molecule has 19 heavy (non-hydrogen) atoms. The van der Waals surface area contributed by atoms with Gasteiger partial charge in [0, 0.05) is 23.9 Å². The standard InChI is InChI=1S/C14H15N3O2/c15-12-5-4-10(14(16)18)9-13(12)19-8-6-11-3-1-2-7-17-11/h1-5,7,9H,6,8,15H2,(H2,16,18). The molecule has 1 amide bonds. The molecule has 1 heterocycles. The Bertz CT molecular complexity index is 570. The van der Waals surface area contributed by atoms with Gasteiger partial charge in [0.1, 0.15) is 5.75 Å². The van der Waals surface area contributed by atoms with Gasteiger partial charge in [0.15, 0.2) is 0 Å². The van der Waals surface area contributed by atoms with Crippen LogP contribution >= 0.6 is 0 Å². The van der Waals surface area contributed by atoms with Crippen molar-refractivity contribution < 1.29 is 9.53 Å². The summed E-state index contributed by atoms with van der Waals surface area (Å²) in [5, 5.41) is 0. The summed E-state index contributed by atoms with van der Waals surface area (Å²) in [6.45, 7) is 0.434. The number of ether oxygens (including phenoxy) is 1. The van der Waals surface area contributed by atoms with Gasteiger partial charge in [-0.3, -0.25) is 9.78 Å². The Balaban J connectivity index is 1.99. The van der Waals surface area contributed by atoms with Crippen LogP contribution in [0.15, 0.2) is 42.6 Å². The normalized spacial score (nSPS) is 10.1. The van der Waals surface area contributed by atoms with Gasteiger partial charge < -0.3 is 16.2 Å². The fraction of sp³-hybridized carbons (Fsp3) is 0.143. The number of carbonyl (C=O) groups excluding carboxylic acids is 1. The number of pyridine rings is 1. The van der Waals surface area contributed by atoms with Crippen LogP contribution in [-0.4, -0.2) is 17.5 Å². The number of nitrogen functional groups attached to an aromatic ring is 1. The average molecular weight is 257 g/mol. The zero-order valence-corrected chi connectivity index (χ0v) is 10.4. The number of rotatable bonds is 5. The maximum absolute atomic E-state index is 11.1. The van der Waals surface area contributed by atoms with E-state index in [0.29, 0.717) is 30.0 Å². The fourth-order valence-corrected chi connectivity index (χ4v) is 1.62. The Kier molecular flexibility index (Phi) is 3.97. The van der Waals surface area contributed by atoms with Gasteiger partial charge in [0.25, 0.3) is 0 Å². The molecule has 1 aromatic heterocycles. The van der Waals surface area contributed by atoms with Crippen LogP contribution < -0.4 is 16.2 Å². The summed E-state index contributed by atoms with van der Waals surface area (Å²) in [6.07, 6.45) is 2.40. The molecule has 4 N–H and O–H groups in total. The molecule has 0 saturated carbocycles. The number of hydrogen-bond donors (Lipinski definition) is 2. The zero-order valence-electron chi connectivity index (χ0n) is 10.4. The zero-order chi connectivity index (χ0) is 13.7. The van der Waals surface area contributed by atoms with Gasteiger partial charge in [-0.15, -0.1) is 0 Å². The average Bonchev–Trinajstić information content (AvgIpc) is 2.42. The number of hydrogen-bond acceptors (Lipinski definition) is 4. The van der Waals surface area contributed by atoms with Crippen molar-refractivity contribution in [1.82, 2.24) is 4.98 Å². The van der Waals surface area contributed by atoms with Gasteiger partial charge >= 0.3 is 0 Å². The minimum Gasteiger partial charge on any atom is -0.491 e. The van der Waals surface area contributed by atoms with E-state index in [2.05, 4.69) is 4.98 Å². The second-order valence-corrected chi connectivity index (χ2v) is 4.04. The molecule has 0 saturated heterocycles. The second kappa shape index (κ2) is 5.86. The first kappa shape index (κ1) is 12.9. The number of nitrogens with two attached hydrogens (primary N) is 2. The maximum atomic E-state index is 11.1. The lowest BCUT2D eigenvalue weighted by Crippen LogP contribution is -2.12. The predicted molar refractivity (Wildman–Crippen MR) is 72.8 cm³/mol. The van der Waals surface area contributed by atoms with E-state index in [0.717, 1.165) is 5.69 Å². The first-order valence-electron chi connectivity index (χ1n) is 5.89. The van der Waals surface area contributed by atoms with E-state index in [1.54, 1.807) is 24.4 Å². The van der Waals surface area contributed by atoms with Gasteiger partial charge in [0.2, 0.25) is 5.91 Å². The van der Waals surface area contributed by atoms with Crippen molar-refractivity contribution in [2.75, 3.05) is 12.3 Å². The number of amides is 1. The Hall–Kier alpha value is -2.56. The monoisotopic (exact) mass is 257 g/mol. The SMILES string of the molecule is NC(=O)c1ccc(N)c(OCCc2ccccn2)c1. The van der Waals surface area contributed by atoms with Crippen LogP contribution in [0.2, 0.25) is 0 Å². The lowest BCUT2D eigenvalue weighted by molar-refractivity contribution is 0.1000.